The van der Waals surface area contributed by atoms with Gasteiger partial charge in [-0.3, -0.25) is 4.90 Å². The van der Waals surface area contributed by atoms with Crippen LogP contribution in [0.2, 0.25) is 0 Å². The van der Waals surface area contributed by atoms with Crippen LogP contribution < -0.4 is 5.32 Å². The van der Waals surface area contributed by atoms with Crippen molar-refractivity contribution in [3.05, 3.63) is 0 Å². The molecule has 0 saturated heterocycles. The number of likely N-dealkylation sites (N-methyl/N-ethyl adjacent to an activating group) is 1. The molecule has 0 aromatic rings. The molecular weight excluding hydrogens is 196 g/mol. The lowest BCUT2D eigenvalue weighted by Crippen LogP contribution is -2.47. The highest BCUT2D eigenvalue weighted by molar-refractivity contribution is 4.89. The molecule has 2 heteroatoms. The molecule has 0 aromatic carbocycles. The van der Waals surface area contributed by atoms with E-state index in [0.29, 0.717) is 0 Å². The van der Waals surface area contributed by atoms with Gasteiger partial charge in [0.25, 0.3) is 0 Å². The van der Waals surface area contributed by atoms with Crippen molar-refractivity contribution in [2.45, 2.75) is 71.4 Å². The van der Waals surface area contributed by atoms with Gasteiger partial charge in [0, 0.05) is 12.1 Å². The van der Waals surface area contributed by atoms with E-state index in [-0.39, 0.29) is 0 Å². The van der Waals surface area contributed by atoms with E-state index < -0.39 is 0 Å². The molecule has 2 nitrogen and oxygen atoms in total. The van der Waals surface area contributed by atoms with Crippen molar-refractivity contribution in [1.82, 2.24) is 10.2 Å². The molecule has 0 heterocycles. The molecule has 0 aromatic heterocycles. The van der Waals surface area contributed by atoms with E-state index in [9.17, 15) is 0 Å². The normalized spacial score (nSPS) is 25.5. The molecule has 1 rings (SSSR count). The van der Waals surface area contributed by atoms with Crippen molar-refractivity contribution in [3.63, 3.8) is 0 Å². The molecule has 96 valence electrons. The summed E-state index contributed by atoms with van der Waals surface area (Å²) >= 11 is 0. The van der Waals surface area contributed by atoms with Crippen LogP contribution in [0.3, 0.4) is 0 Å². The Hall–Kier alpha value is -0.0800. The molecule has 0 spiro atoms. The first kappa shape index (κ1) is 14.0. The Morgan fingerprint density at radius 1 is 1.12 bits per heavy atom. The van der Waals surface area contributed by atoms with E-state index in [1.54, 1.807) is 0 Å². The zero-order valence-corrected chi connectivity index (χ0v) is 11.5. The molecule has 1 N–H and O–H groups in total. The van der Waals surface area contributed by atoms with Crippen molar-refractivity contribution in [3.8, 4) is 0 Å². The van der Waals surface area contributed by atoms with Crippen molar-refractivity contribution in [2.75, 3.05) is 19.6 Å². The van der Waals surface area contributed by atoms with E-state index in [0.717, 1.165) is 12.1 Å². The maximum absolute atomic E-state index is 3.73. The first-order valence-electron chi connectivity index (χ1n) is 7.30. The van der Waals surface area contributed by atoms with E-state index in [4.69, 9.17) is 0 Å². The van der Waals surface area contributed by atoms with Crippen LogP contribution in [-0.2, 0) is 0 Å². The minimum Gasteiger partial charge on any atom is -0.312 e. The molecule has 0 bridgehead atoms. The fraction of sp³-hybridized carbons (Fsp3) is 1.00. The summed E-state index contributed by atoms with van der Waals surface area (Å²) < 4.78 is 0. The average molecular weight is 226 g/mol. The Morgan fingerprint density at radius 2 is 1.94 bits per heavy atom. The molecular formula is C14H30N2. The number of hydrogen-bond acceptors (Lipinski definition) is 2. The molecule has 0 radical (unpaired) electrons. The van der Waals surface area contributed by atoms with E-state index >= 15 is 0 Å². The number of rotatable bonds is 8. The van der Waals surface area contributed by atoms with Crippen LogP contribution in [0.5, 0.6) is 0 Å². The first-order chi connectivity index (χ1) is 7.83. The van der Waals surface area contributed by atoms with E-state index in [2.05, 4.69) is 31.0 Å². The van der Waals surface area contributed by atoms with Gasteiger partial charge >= 0.3 is 0 Å². The Kier molecular flexibility index (Phi) is 7.06. The van der Waals surface area contributed by atoms with Gasteiger partial charge in [0.05, 0.1) is 0 Å². The molecule has 16 heavy (non-hydrogen) atoms. The molecule has 1 saturated carbocycles. The second kappa shape index (κ2) is 8.08. The Labute approximate surface area is 102 Å². The summed E-state index contributed by atoms with van der Waals surface area (Å²) in [7, 11) is 0. The fourth-order valence-corrected chi connectivity index (χ4v) is 2.87. The van der Waals surface area contributed by atoms with Crippen molar-refractivity contribution in [1.29, 1.82) is 0 Å². The van der Waals surface area contributed by atoms with E-state index in [1.165, 1.54) is 58.2 Å². The molecule has 0 aliphatic heterocycles. The maximum atomic E-state index is 3.73. The van der Waals surface area contributed by atoms with Gasteiger partial charge in [-0.05, 0) is 45.3 Å². The number of unbranched alkanes of at least 4 members (excludes halogenated alkanes) is 1. The first-order valence-corrected chi connectivity index (χ1v) is 7.30. The summed E-state index contributed by atoms with van der Waals surface area (Å²) in [4.78, 5) is 2.70. The molecule has 2 atom stereocenters. The standard InChI is InChI=1S/C14H30N2/c1-4-7-12-16(6-3)14-10-8-9-13(14)15-11-5-2/h13-15H,4-12H2,1-3H3. The van der Waals surface area contributed by atoms with Crippen LogP contribution in [0, 0.1) is 0 Å². The molecule has 1 aliphatic carbocycles. The van der Waals surface area contributed by atoms with Gasteiger partial charge in [-0.2, -0.15) is 0 Å². The summed E-state index contributed by atoms with van der Waals surface area (Å²) in [6.07, 6.45) is 8.12. The topological polar surface area (TPSA) is 15.3 Å². The average Bonchev–Trinajstić information content (AvgIpc) is 2.76. The predicted octanol–water partition coefficient (Wildman–Crippen LogP) is 3.03. The second-order valence-corrected chi connectivity index (χ2v) is 5.04. The van der Waals surface area contributed by atoms with Crippen LogP contribution >= 0.6 is 0 Å². The van der Waals surface area contributed by atoms with E-state index in [1.807, 2.05) is 0 Å². The fourth-order valence-electron chi connectivity index (χ4n) is 2.87. The molecule has 2 unspecified atom stereocenters. The third-order valence-corrected chi connectivity index (χ3v) is 3.81. The SMILES string of the molecule is CCCCN(CC)C1CCCC1NCCC. The highest BCUT2D eigenvalue weighted by Crippen LogP contribution is 2.24. The molecule has 1 fully saturated rings. The lowest BCUT2D eigenvalue weighted by Gasteiger charge is -2.32. The third-order valence-electron chi connectivity index (χ3n) is 3.81. The summed E-state index contributed by atoms with van der Waals surface area (Å²) in [5, 5.41) is 3.73. The van der Waals surface area contributed by atoms with Gasteiger partial charge in [-0.25, -0.2) is 0 Å². The summed E-state index contributed by atoms with van der Waals surface area (Å²) in [5.41, 5.74) is 0. The van der Waals surface area contributed by atoms with Gasteiger partial charge in [0.2, 0.25) is 0 Å². The smallest absolute Gasteiger partial charge is 0.0249 e. The number of hydrogen-bond donors (Lipinski definition) is 1. The van der Waals surface area contributed by atoms with Crippen LogP contribution in [0.25, 0.3) is 0 Å². The largest absolute Gasteiger partial charge is 0.312 e. The molecule has 0 amide bonds. The second-order valence-electron chi connectivity index (χ2n) is 5.04. The van der Waals surface area contributed by atoms with Gasteiger partial charge in [0.15, 0.2) is 0 Å². The summed E-state index contributed by atoms with van der Waals surface area (Å²) in [6, 6.07) is 1.57. The Bertz CT molecular complexity index is 170. The van der Waals surface area contributed by atoms with Gasteiger partial charge in [0.1, 0.15) is 0 Å². The zero-order valence-electron chi connectivity index (χ0n) is 11.5. The summed E-state index contributed by atoms with van der Waals surface area (Å²) in [6.45, 7) is 10.6. The monoisotopic (exact) mass is 226 g/mol. The van der Waals surface area contributed by atoms with Crippen molar-refractivity contribution in [2.24, 2.45) is 0 Å². The lowest BCUT2D eigenvalue weighted by atomic mass is 10.1. The highest BCUT2D eigenvalue weighted by Gasteiger charge is 2.30. The number of nitrogens with one attached hydrogen (secondary N) is 1. The zero-order chi connectivity index (χ0) is 11.8. The lowest BCUT2D eigenvalue weighted by molar-refractivity contribution is 0.178. The summed E-state index contributed by atoms with van der Waals surface area (Å²) in [5.74, 6) is 0. The van der Waals surface area contributed by atoms with Crippen LogP contribution in [0.4, 0.5) is 0 Å². The highest BCUT2D eigenvalue weighted by atomic mass is 15.2. The van der Waals surface area contributed by atoms with Crippen molar-refractivity contribution < 1.29 is 0 Å². The van der Waals surface area contributed by atoms with Crippen molar-refractivity contribution >= 4 is 0 Å². The van der Waals surface area contributed by atoms with Gasteiger partial charge < -0.3 is 5.32 Å². The van der Waals surface area contributed by atoms with Crippen LogP contribution in [0.1, 0.15) is 59.3 Å². The van der Waals surface area contributed by atoms with Crippen LogP contribution in [0.15, 0.2) is 0 Å². The Morgan fingerprint density at radius 3 is 2.56 bits per heavy atom. The minimum atomic E-state index is 0.761. The number of nitrogens with zero attached hydrogens (tertiary/aromatic N) is 1. The third kappa shape index (κ3) is 4.06. The maximum Gasteiger partial charge on any atom is 0.0249 e. The predicted molar refractivity (Wildman–Crippen MR) is 71.9 cm³/mol. The molecule has 1 aliphatic rings. The van der Waals surface area contributed by atoms with Crippen LogP contribution in [-0.4, -0.2) is 36.6 Å². The quantitative estimate of drug-likeness (QED) is 0.684. The van der Waals surface area contributed by atoms with Gasteiger partial charge in [-0.1, -0.05) is 33.6 Å². The minimum absolute atomic E-state index is 0.761. The van der Waals surface area contributed by atoms with Gasteiger partial charge in [-0.15, -0.1) is 0 Å². The Balaban J connectivity index is 2.40.